The summed E-state index contributed by atoms with van der Waals surface area (Å²) in [4.78, 5) is 4.50. The standard InChI is InChI=1S/C15H26BrNOSi/c1-15(2,3)10-6-7-14(18-19(4)5)13-9-8-12(16)11-17-13/h8-9,11,14,19H,6-7,10H2,1-5H3. The predicted octanol–water partition coefficient (Wildman–Crippen LogP) is 5.10. The lowest BCUT2D eigenvalue weighted by atomic mass is 9.89. The van der Waals surface area contributed by atoms with Crippen LogP contribution in [0.15, 0.2) is 22.8 Å². The van der Waals surface area contributed by atoms with Gasteiger partial charge in [0.1, 0.15) is 0 Å². The molecule has 0 aliphatic heterocycles. The van der Waals surface area contributed by atoms with E-state index in [2.05, 4.69) is 60.8 Å². The Morgan fingerprint density at radius 2 is 2.00 bits per heavy atom. The van der Waals surface area contributed by atoms with Crippen LogP contribution in [0.5, 0.6) is 0 Å². The lowest BCUT2D eigenvalue weighted by Gasteiger charge is -2.23. The van der Waals surface area contributed by atoms with Gasteiger partial charge in [0.15, 0.2) is 9.04 Å². The summed E-state index contributed by atoms with van der Waals surface area (Å²) in [5.41, 5.74) is 1.46. The maximum Gasteiger partial charge on any atom is 0.171 e. The molecular weight excluding hydrogens is 318 g/mol. The second-order valence-corrected chi connectivity index (χ2v) is 9.81. The van der Waals surface area contributed by atoms with Gasteiger partial charge in [-0.05, 0) is 65.8 Å². The maximum absolute atomic E-state index is 6.15. The van der Waals surface area contributed by atoms with Gasteiger partial charge in [-0.1, -0.05) is 20.8 Å². The molecule has 0 bridgehead atoms. The average Bonchev–Trinajstić information content (AvgIpc) is 2.26. The summed E-state index contributed by atoms with van der Waals surface area (Å²) in [6.07, 6.45) is 5.51. The molecule has 0 saturated carbocycles. The average molecular weight is 344 g/mol. The zero-order chi connectivity index (χ0) is 14.5. The van der Waals surface area contributed by atoms with E-state index in [4.69, 9.17) is 4.43 Å². The fraction of sp³-hybridized carbons (Fsp3) is 0.667. The lowest BCUT2D eigenvalue weighted by Crippen LogP contribution is -2.16. The Morgan fingerprint density at radius 3 is 2.47 bits per heavy atom. The summed E-state index contributed by atoms with van der Waals surface area (Å²) in [6.45, 7) is 11.3. The molecule has 1 aromatic heterocycles. The van der Waals surface area contributed by atoms with E-state index in [1.54, 1.807) is 0 Å². The van der Waals surface area contributed by atoms with Gasteiger partial charge in [-0.25, -0.2) is 0 Å². The highest BCUT2D eigenvalue weighted by molar-refractivity contribution is 9.10. The highest BCUT2D eigenvalue weighted by Gasteiger charge is 2.17. The van der Waals surface area contributed by atoms with E-state index < -0.39 is 9.04 Å². The number of rotatable bonds is 6. The van der Waals surface area contributed by atoms with Crippen LogP contribution >= 0.6 is 15.9 Å². The maximum atomic E-state index is 6.15. The summed E-state index contributed by atoms with van der Waals surface area (Å²) in [7, 11) is -1.05. The zero-order valence-corrected chi connectivity index (χ0v) is 15.5. The van der Waals surface area contributed by atoms with Crippen LogP contribution in [0.3, 0.4) is 0 Å². The third-order valence-electron chi connectivity index (χ3n) is 2.91. The molecule has 1 rings (SSSR count). The quantitative estimate of drug-likeness (QED) is 0.670. The van der Waals surface area contributed by atoms with Gasteiger partial charge < -0.3 is 4.43 Å². The predicted molar refractivity (Wildman–Crippen MR) is 87.9 cm³/mol. The van der Waals surface area contributed by atoms with Crippen LogP contribution in [0, 0.1) is 5.41 Å². The monoisotopic (exact) mass is 343 g/mol. The van der Waals surface area contributed by atoms with Gasteiger partial charge in [0.05, 0.1) is 11.8 Å². The molecule has 2 nitrogen and oxygen atoms in total. The van der Waals surface area contributed by atoms with Crippen LogP contribution in [0.2, 0.25) is 13.1 Å². The molecule has 0 saturated heterocycles. The summed E-state index contributed by atoms with van der Waals surface area (Å²) in [5, 5.41) is 0. The minimum Gasteiger partial charge on any atom is -0.412 e. The molecule has 1 heterocycles. The van der Waals surface area contributed by atoms with Crippen LogP contribution in [-0.4, -0.2) is 14.0 Å². The molecule has 108 valence electrons. The van der Waals surface area contributed by atoms with Crippen molar-refractivity contribution in [1.82, 2.24) is 4.98 Å². The van der Waals surface area contributed by atoms with Crippen molar-refractivity contribution < 1.29 is 4.43 Å². The van der Waals surface area contributed by atoms with Crippen LogP contribution in [0.1, 0.15) is 51.8 Å². The molecule has 19 heavy (non-hydrogen) atoms. The third-order valence-corrected chi connectivity index (χ3v) is 4.25. The van der Waals surface area contributed by atoms with E-state index in [0.717, 1.165) is 16.6 Å². The number of halogens is 1. The zero-order valence-electron chi connectivity index (χ0n) is 12.7. The van der Waals surface area contributed by atoms with E-state index in [1.807, 2.05) is 12.3 Å². The topological polar surface area (TPSA) is 22.1 Å². The largest absolute Gasteiger partial charge is 0.412 e. The lowest BCUT2D eigenvalue weighted by molar-refractivity contribution is 0.181. The van der Waals surface area contributed by atoms with Crippen LogP contribution < -0.4 is 0 Å². The molecule has 0 fully saturated rings. The van der Waals surface area contributed by atoms with Gasteiger partial charge >= 0.3 is 0 Å². The first-order chi connectivity index (χ1) is 8.78. The fourth-order valence-electron chi connectivity index (χ4n) is 2.01. The first kappa shape index (κ1) is 16.9. The van der Waals surface area contributed by atoms with E-state index in [-0.39, 0.29) is 6.10 Å². The molecule has 0 aliphatic rings. The Kier molecular flexibility index (Phi) is 6.70. The van der Waals surface area contributed by atoms with E-state index >= 15 is 0 Å². The molecule has 0 aliphatic carbocycles. The molecule has 1 atom stereocenters. The summed E-state index contributed by atoms with van der Waals surface area (Å²) < 4.78 is 7.17. The highest BCUT2D eigenvalue weighted by Crippen LogP contribution is 2.28. The van der Waals surface area contributed by atoms with Crippen LogP contribution in [-0.2, 0) is 4.43 Å². The molecule has 0 spiro atoms. The molecule has 4 heteroatoms. The first-order valence-electron chi connectivity index (χ1n) is 7.05. The van der Waals surface area contributed by atoms with Crippen LogP contribution in [0.25, 0.3) is 0 Å². The first-order valence-corrected chi connectivity index (χ1v) is 10.6. The number of hydrogen-bond donors (Lipinski definition) is 0. The van der Waals surface area contributed by atoms with E-state index in [9.17, 15) is 0 Å². The number of hydrogen-bond acceptors (Lipinski definition) is 2. The minimum atomic E-state index is -1.05. The summed E-state index contributed by atoms with van der Waals surface area (Å²) >= 11 is 3.43. The molecule has 0 amide bonds. The van der Waals surface area contributed by atoms with Gasteiger partial charge in [0.2, 0.25) is 0 Å². The van der Waals surface area contributed by atoms with Crippen molar-refractivity contribution in [3.8, 4) is 0 Å². The van der Waals surface area contributed by atoms with E-state index in [1.165, 1.54) is 12.8 Å². The minimum absolute atomic E-state index is 0.169. The number of nitrogens with zero attached hydrogens (tertiary/aromatic N) is 1. The fourth-order valence-corrected chi connectivity index (χ4v) is 3.18. The molecule has 0 N–H and O–H groups in total. The van der Waals surface area contributed by atoms with Gasteiger partial charge in [0.25, 0.3) is 0 Å². The van der Waals surface area contributed by atoms with Gasteiger partial charge in [-0.3, -0.25) is 4.98 Å². The SMILES string of the molecule is C[SiH](C)OC(CCCC(C)(C)C)c1ccc(Br)cn1. The van der Waals surface area contributed by atoms with Gasteiger partial charge in [-0.15, -0.1) is 0 Å². The van der Waals surface area contributed by atoms with Crippen molar-refractivity contribution in [1.29, 1.82) is 0 Å². The van der Waals surface area contributed by atoms with Crippen molar-refractivity contribution in [3.05, 3.63) is 28.5 Å². The van der Waals surface area contributed by atoms with Crippen molar-refractivity contribution in [2.75, 3.05) is 0 Å². The second kappa shape index (κ2) is 7.55. The van der Waals surface area contributed by atoms with Crippen molar-refractivity contribution in [2.45, 2.75) is 59.2 Å². The van der Waals surface area contributed by atoms with Crippen molar-refractivity contribution in [3.63, 3.8) is 0 Å². The Labute approximate surface area is 127 Å². The van der Waals surface area contributed by atoms with Gasteiger partial charge in [-0.2, -0.15) is 0 Å². The normalized spacial score (nSPS) is 13.8. The molecule has 1 aromatic rings. The molecule has 0 aromatic carbocycles. The van der Waals surface area contributed by atoms with Crippen molar-refractivity contribution in [2.24, 2.45) is 5.41 Å². The molecule has 0 radical (unpaired) electrons. The summed E-state index contributed by atoms with van der Waals surface area (Å²) in [6, 6.07) is 4.12. The smallest absolute Gasteiger partial charge is 0.171 e. The third kappa shape index (κ3) is 7.23. The highest BCUT2D eigenvalue weighted by atomic mass is 79.9. The molecule has 1 unspecified atom stereocenters. The summed E-state index contributed by atoms with van der Waals surface area (Å²) in [5.74, 6) is 0. The Morgan fingerprint density at radius 1 is 1.32 bits per heavy atom. The number of aromatic nitrogens is 1. The number of pyridine rings is 1. The molecular formula is C15H26BrNOSi. The Bertz CT molecular complexity index is 373. The Balaban J connectivity index is 2.64. The van der Waals surface area contributed by atoms with Crippen LogP contribution in [0.4, 0.5) is 0 Å². The van der Waals surface area contributed by atoms with Crippen molar-refractivity contribution >= 4 is 25.0 Å². The second-order valence-electron chi connectivity index (χ2n) is 6.53. The van der Waals surface area contributed by atoms with Gasteiger partial charge in [0, 0.05) is 10.7 Å². The Hall–Kier alpha value is -0.193. The van der Waals surface area contributed by atoms with E-state index in [0.29, 0.717) is 5.41 Å².